The fourth-order valence-corrected chi connectivity index (χ4v) is 4.92. The van der Waals surface area contributed by atoms with E-state index in [4.69, 9.17) is 4.52 Å². The fraction of sp³-hybridized carbons (Fsp3) is 0.583. The Bertz CT molecular complexity index is 962. The summed E-state index contributed by atoms with van der Waals surface area (Å²) in [4.78, 5) is 31.3. The number of nitrogens with zero attached hydrogens (tertiary/aromatic N) is 3. The molecule has 2 amide bonds. The van der Waals surface area contributed by atoms with Crippen LogP contribution in [0.1, 0.15) is 76.1 Å². The van der Waals surface area contributed by atoms with E-state index in [1.807, 2.05) is 6.07 Å². The van der Waals surface area contributed by atoms with Crippen LogP contribution >= 0.6 is 0 Å². The van der Waals surface area contributed by atoms with Crippen molar-refractivity contribution < 1.29 is 14.1 Å². The molecule has 2 heterocycles. The number of benzene rings is 1. The van der Waals surface area contributed by atoms with Crippen LogP contribution in [0.15, 0.2) is 22.7 Å². The molecule has 0 bridgehead atoms. The summed E-state index contributed by atoms with van der Waals surface area (Å²) in [5.74, 6) is 0.781. The minimum absolute atomic E-state index is 0.0863. The lowest BCUT2D eigenvalue weighted by Gasteiger charge is -2.30. The highest BCUT2D eigenvalue weighted by Gasteiger charge is 2.38. The number of fused-ring (bicyclic) bond motifs is 1. The molecule has 4 rings (SSSR count). The highest BCUT2D eigenvalue weighted by molar-refractivity contribution is 5.91. The first kappa shape index (κ1) is 22.3. The fourth-order valence-electron chi connectivity index (χ4n) is 4.92. The van der Waals surface area contributed by atoms with Crippen molar-refractivity contribution in [1.29, 1.82) is 0 Å². The Balaban J connectivity index is 1.37. The summed E-state index contributed by atoms with van der Waals surface area (Å²) in [6.45, 7) is 5.66. The molecule has 32 heavy (non-hydrogen) atoms. The Kier molecular flexibility index (Phi) is 6.77. The molecule has 0 spiro atoms. The summed E-state index contributed by atoms with van der Waals surface area (Å²) in [6, 6.07) is 6.11. The molecule has 1 fully saturated rings. The Hall–Kier alpha value is -2.90. The van der Waals surface area contributed by atoms with E-state index in [0.29, 0.717) is 18.1 Å². The minimum Gasteiger partial charge on any atom is -0.371 e. The largest absolute Gasteiger partial charge is 0.371 e. The van der Waals surface area contributed by atoms with E-state index in [2.05, 4.69) is 44.7 Å². The molecule has 0 saturated heterocycles. The number of carbonyl (C=O) groups excluding carboxylic acids is 2. The van der Waals surface area contributed by atoms with Gasteiger partial charge in [0.05, 0.1) is 0 Å². The zero-order chi connectivity index (χ0) is 22.6. The normalized spacial score (nSPS) is 17.5. The maximum atomic E-state index is 12.5. The molecule has 1 aliphatic carbocycles. The molecular formula is C24H33N5O3. The van der Waals surface area contributed by atoms with Gasteiger partial charge in [-0.3, -0.25) is 9.59 Å². The summed E-state index contributed by atoms with van der Waals surface area (Å²) in [6.07, 6.45) is 7.60. The molecule has 0 radical (unpaired) electrons. The number of aryl methyl sites for hydroxylation is 1. The van der Waals surface area contributed by atoms with E-state index >= 15 is 0 Å². The van der Waals surface area contributed by atoms with Crippen LogP contribution in [0.4, 0.5) is 11.4 Å². The van der Waals surface area contributed by atoms with E-state index in [1.165, 1.54) is 18.2 Å². The second-order valence-electron chi connectivity index (χ2n) is 8.91. The van der Waals surface area contributed by atoms with Gasteiger partial charge >= 0.3 is 0 Å². The molecule has 1 aliphatic heterocycles. The second kappa shape index (κ2) is 9.71. The smallest absolute Gasteiger partial charge is 0.227 e. The summed E-state index contributed by atoms with van der Waals surface area (Å²) < 4.78 is 5.46. The number of hydrogen-bond acceptors (Lipinski definition) is 6. The van der Waals surface area contributed by atoms with Crippen molar-refractivity contribution in [1.82, 2.24) is 15.5 Å². The van der Waals surface area contributed by atoms with Crippen molar-refractivity contribution in [3.8, 4) is 0 Å². The third-order valence-corrected chi connectivity index (χ3v) is 6.58. The van der Waals surface area contributed by atoms with Crippen LogP contribution in [-0.4, -0.2) is 35.0 Å². The lowest BCUT2D eigenvalue weighted by Crippen LogP contribution is -2.45. The predicted molar refractivity (Wildman–Crippen MR) is 122 cm³/mol. The van der Waals surface area contributed by atoms with E-state index in [-0.39, 0.29) is 18.2 Å². The van der Waals surface area contributed by atoms with Crippen molar-refractivity contribution in [2.45, 2.75) is 77.2 Å². The highest BCUT2D eigenvalue weighted by Crippen LogP contribution is 2.35. The van der Waals surface area contributed by atoms with Crippen LogP contribution in [0.5, 0.6) is 0 Å². The first-order valence-electron chi connectivity index (χ1n) is 11.8. The Morgan fingerprint density at radius 1 is 1.19 bits per heavy atom. The third-order valence-electron chi connectivity index (χ3n) is 6.58. The number of anilines is 2. The molecule has 1 saturated carbocycles. The molecule has 0 atom stereocenters. The number of nitrogens with one attached hydrogen (secondary N) is 2. The van der Waals surface area contributed by atoms with Crippen LogP contribution in [0.2, 0.25) is 0 Å². The second-order valence-corrected chi connectivity index (χ2v) is 8.91. The number of carbonyl (C=O) groups is 2. The van der Waals surface area contributed by atoms with Gasteiger partial charge in [0.2, 0.25) is 17.7 Å². The van der Waals surface area contributed by atoms with Gasteiger partial charge in [-0.2, -0.15) is 4.98 Å². The van der Waals surface area contributed by atoms with E-state index in [9.17, 15) is 9.59 Å². The summed E-state index contributed by atoms with van der Waals surface area (Å²) in [5, 5.41) is 10.3. The number of amides is 2. The lowest BCUT2D eigenvalue weighted by atomic mass is 9.89. The van der Waals surface area contributed by atoms with Crippen LogP contribution < -0.4 is 15.5 Å². The summed E-state index contributed by atoms with van der Waals surface area (Å²) in [7, 11) is 0. The van der Waals surface area contributed by atoms with Crippen molar-refractivity contribution in [2.24, 2.45) is 0 Å². The first-order chi connectivity index (χ1) is 15.5. The van der Waals surface area contributed by atoms with Gasteiger partial charge in [0, 0.05) is 44.2 Å². The van der Waals surface area contributed by atoms with Crippen LogP contribution in [0, 0.1) is 0 Å². The van der Waals surface area contributed by atoms with Gasteiger partial charge in [-0.25, -0.2) is 0 Å². The van der Waals surface area contributed by atoms with Gasteiger partial charge in [0.25, 0.3) is 0 Å². The van der Waals surface area contributed by atoms with E-state index in [1.54, 1.807) is 0 Å². The van der Waals surface area contributed by atoms with Gasteiger partial charge in [-0.15, -0.1) is 0 Å². The first-order valence-corrected chi connectivity index (χ1v) is 11.8. The average Bonchev–Trinajstić information content (AvgIpc) is 3.34. The predicted octanol–water partition coefficient (Wildman–Crippen LogP) is 3.71. The lowest BCUT2D eigenvalue weighted by molar-refractivity contribution is -0.121. The molecule has 2 aromatic rings. The molecule has 1 aromatic carbocycles. The van der Waals surface area contributed by atoms with Crippen LogP contribution in [0.25, 0.3) is 0 Å². The number of rotatable bonds is 7. The molecule has 2 aliphatic rings. The van der Waals surface area contributed by atoms with Gasteiger partial charge in [0.1, 0.15) is 5.54 Å². The minimum atomic E-state index is -0.568. The highest BCUT2D eigenvalue weighted by atomic mass is 16.5. The number of hydrogen-bond donors (Lipinski definition) is 2. The number of aromatic nitrogens is 2. The molecule has 8 nitrogen and oxygen atoms in total. The van der Waals surface area contributed by atoms with Crippen LogP contribution in [-0.2, 0) is 28.0 Å². The molecule has 8 heteroatoms. The third kappa shape index (κ3) is 4.95. The van der Waals surface area contributed by atoms with Crippen molar-refractivity contribution >= 4 is 23.2 Å². The van der Waals surface area contributed by atoms with Gasteiger partial charge < -0.3 is 20.1 Å². The molecule has 172 valence electrons. The van der Waals surface area contributed by atoms with E-state index < -0.39 is 5.54 Å². The molecule has 2 N–H and O–H groups in total. The van der Waals surface area contributed by atoms with Crippen LogP contribution in [0.3, 0.4) is 0 Å². The zero-order valence-electron chi connectivity index (χ0n) is 19.1. The van der Waals surface area contributed by atoms with Gasteiger partial charge in [0.15, 0.2) is 5.82 Å². The Labute approximate surface area is 189 Å². The standard InChI is InChI=1S/C24H33N5O3/c1-3-29-15-12-18-8-9-19(16-20(18)29)25-21(31)10-11-22-26-23(28-32-22)24(27-17(2)30)13-6-4-5-7-14-24/h8-9,16H,3-7,10-15H2,1-2H3,(H,25,31)(H,27,30). The molecular weight excluding hydrogens is 406 g/mol. The average molecular weight is 440 g/mol. The molecule has 0 unspecified atom stereocenters. The van der Waals surface area contributed by atoms with Crippen molar-refractivity contribution in [3.05, 3.63) is 35.5 Å². The van der Waals surface area contributed by atoms with Crippen molar-refractivity contribution in [2.75, 3.05) is 23.3 Å². The maximum Gasteiger partial charge on any atom is 0.227 e. The van der Waals surface area contributed by atoms with Gasteiger partial charge in [-0.1, -0.05) is 36.9 Å². The monoisotopic (exact) mass is 439 g/mol. The summed E-state index contributed by atoms with van der Waals surface area (Å²) >= 11 is 0. The maximum absolute atomic E-state index is 12.5. The van der Waals surface area contributed by atoms with E-state index in [0.717, 1.165) is 63.7 Å². The summed E-state index contributed by atoms with van der Waals surface area (Å²) in [5.41, 5.74) is 2.78. The number of likely N-dealkylation sites (N-methyl/N-ethyl adjacent to an activating group) is 1. The molecule has 1 aromatic heterocycles. The Morgan fingerprint density at radius 3 is 2.69 bits per heavy atom. The van der Waals surface area contributed by atoms with Gasteiger partial charge in [-0.05, 0) is 43.9 Å². The zero-order valence-corrected chi connectivity index (χ0v) is 19.1. The SMILES string of the molecule is CCN1CCc2ccc(NC(=O)CCc3nc(C4(NC(C)=O)CCCCCC4)no3)cc21. The quantitative estimate of drug-likeness (QED) is 0.638. The Morgan fingerprint density at radius 2 is 1.97 bits per heavy atom. The topological polar surface area (TPSA) is 100 Å². The van der Waals surface area contributed by atoms with Crippen molar-refractivity contribution in [3.63, 3.8) is 0 Å².